The molecule has 138 valence electrons. The molecule has 0 aliphatic rings. The zero-order valence-corrected chi connectivity index (χ0v) is 15.1. The third-order valence-electron chi connectivity index (χ3n) is 4.39. The number of carbonyl (C=O) groups is 1. The van der Waals surface area contributed by atoms with E-state index in [0.717, 1.165) is 29.1 Å². The molecule has 0 spiro atoms. The number of amides is 1. The summed E-state index contributed by atoms with van der Waals surface area (Å²) in [6.45, 7) is 6.06. The van der Waals surface area contributed by atoms with Crippen LogP contribution in [-0.2, 0) is 17.8 Å². The molecule has 2 rings (SSSR count). The van der Waals surface area contributed by atoms with Gasteiger partial charge < -0.3 is 5.32 Å². The van der Waals surface area contributed by atoms with Crippen LogP contribution in [-0.4, -0.2) is 15.7 Å². The number of halogens is 2. The van der Waals surface area contributed by atoms with E-state index in [0.29, 0.717) is 24.9 Å². The lowest BCUT2D eigenvalue weighted by atomic mass is 10.1. The van der Waals surface area contributed by atoms with Gasteiger partial charge in [-0.25, -0.2) is 8.78 Å². The first-order chi connectivity index (χ1) is 12.3. The monoisotopic (exact) mass is 360 g/mol. The Balaban J connectivity index is 1.95. The topological polar surface area (TPSA) is 70.7 Å². The van der Waals surface area contributed by atoms with E-state index in [1.165, 1.54) is 6.07 Å². The van der Waals surface area contributed by atoms with Crippen molar-refractivity contribution >= 4 is 5.91 Å². The molecule has 1 aromatic carbocycles. The fourth-order valence-electron chi connectivity index (χ4n) is 2.89. The van der Waals surface area contributed by atoms with Crippen LogP contribution in [0.5, 0.6) is 0 Å². The minimum absolute atomic E-state index is 0.175. The molecule has 1 amide bonds. The quantitative estimate of drug-likeness (QED) is 0.821. The fourth-order valence-corrected chi connectivity index (χ4v) is 2.89. The number of carbonyl (C=O) groups excluding carboxylic acids is 1. The Morgan fingerprint density at radius 3 is 2.73 bits per heavy atom. The van der Waals surface area contributed by atoms with Crippen LogP contribution in [0.25, 0.3) is 0 Å². The fraction of sp³-hybridized carbons (Fsp3) is 0.421. The van der Waals surface area contributed by atoms with Crippen LogP contribution < -0.4 is 5.32 Å². The molecule has 0 fully saturated rings. The van der Waals surface area contributed by atoms with Gasteiger partial charge in [-0.1, -0.05) is 6.07 Å². The predicted octanol–water partition coefficient (Wildman–Crippen LogP) is 3.50. The van der Waals surface area contributed by atoms with E-state index < -0.39 is 17.7 Å². The third kappa shape index (κ3) is 4.66. The molecule has 1 atom stereocenters. The van der Waals surface area contributed by atoms with Crippen molar-refractivity contribution in [3.63, 3.8) is 0 Å². The number of hydrogen-bond donors (Lipinski definition) is 1. The second-order valence-corrected chi connectivity index (χ2v) is 6.24. The van der Waals surface area contributed by atoms with Gasteiger partial charge in [-0.3, -0.25) is 9.48 Å². The predicted molar refractivity (Wildman–Crippen MR) is 93.2 cm³/mol. The van der Waals surface area contributed by atoms with E-state index in [-0.39, 0.29) is 12.3 Å². The maximum Gasteiger partial charge on any atom is 0.220 e. The Hall–Kier alpha value is -2.75. The van der Waals surface area contributed by atoms with Crippen molar-refractivity contribution < 1.29 is 13.6 Å². The Kier molecular flexibility index (Phi) is 6.45. The first kappa shape index (κ1) is 19.6. The molecule has 5 nitrogen and oxygen atoms in total. The number of rotatable bonds is 7. The van der Waals surface area contributed by atoms with Crippen LogP contribution in [0.3, 0.4) is 0 Å². The maximum absolute atomic E-state index is 13.3. The molecule has 1 N–H and O–H groups in total. The highest BCUT2D eigenvalue weighted by Gasteiger charge is 2.15. The molecular formula is C19H22F2N4O. The average Bonchev–Trinajstić information content (AvgIpc) is 2.87. The van der Waals surface area contributed by atoms with Crippen molar-refractivity contribution in [1.82, 2.24) is 15.1 Å². The number of aryl methyl sites for hydroxylation is 2. The molecule has 0 saturated carbocycles. The molecule has 1 aromatic heterocycles. The highest BCUT2D eigenvalue weighted by molar-refractivity contribution is 5.76. The summed E-state index contributed by atoms with van der Waals surface area (Å²) in [6.07, 6.45) is 1.17. The Labute approximate surface area is 151 Å². The van der Waals surface area contributed by atoms with Crippen molar-refractivity contribution in [2.75, 3.05) is 0 Å². The molecule has 0 saturated heterocycles. The summed E-state index contributed by atoms with van der Waals surface area (Å²) in [4.78, 5) is 12.2. The van der Waals surface area contributed by atoms with Crippen molar-refractivity contribution in [2.45, 2.75) is 52.6 Å². The average molecular weight is 360 g/mol. The summed E-state index contributed by atoms with van der Waals surface area (Å²) >= 11 is 0. The zero-order chi connectivity index (χ0) is 19.3. The normalized spacial score (nSPS) is 11.8. The molecule has 7 heteroatoms. The van der Waals surface area contributed by atoms with Gasteiger partial charge in [0.05, 0.1) is 30.8 Å². The highest BCUT2D eigenvalue weighted by Crippen LogP contribution is 2.18. The van der Waals surface area contributed by atoms with Crippen LogP contribution in [0.4, 0.5) is 8.78 Å². The lowest BCUT2D eigenvalue weighted by molar-refractivity contribution is -0.121. The second-order valence-electron chi connectivity index (χ2n) is 6.24. The van der Waals surface area contributed by atoms with Crippen molar-refractivity contribution in [3.8, 4) is 6.07 Å². The van der Waals surface area contributed by atoms with Gasteiger partial charge >= 0.3 is 0 Å². The van der Waals surface area contributed by atoms with Gasteiger partial charge in [-0.2, -0.15) is 10.4 Å². The largest absolute Gasteiger partial charge is 0.350 e. The number of nitrogens with one attached hydrogen (secondary N) is 1. The van der Waals surface area contributed by atoms with Gasteiger partial charge in [0, 0.05) is 12.1 Å². The molecule has 0 radical (unpaired) electrons. The number of aromatic nitrogens is 2. The summed E-state index contributed by atoms with van der Waals surface area (Å²) in [7, 11) is 0. The summed E-state index contributed by atoms with van der Waals surface area (Å²) in [5.74, 6) is -2.02. The van der Waals surface area contributed by atoms with Crippen LogP contribution in [0.1, 0.15) is 48.3 Å². The molecule has 26 heavy (non-hydrogen) atoms. The van der Waals surface area contributed by atoms with E-state index in [9.17, 15) is 13.6 Å². The van der Waals surface area contributed by atoms with E-state index >= 15 is 0 Å². The SMILES string of the molecule is Cc1nn(CCC#N)c(C)c1CCC(=O)NC(C)c1ccc(F)c(F)c1. The lowest BCUT2D eigenvalue weighted by Crippen LogP contribution is -2.27. The number of hydrogen-bond acceptors (Lipinski definition) is 3. The molecular weight excluding hydrogens is 338 g/mol. The Bertz CT molecular complexity index is 839. The van der Waals surface area contributed by atoms with E-state index in [1.54, 1.807) is 11.6 Å². The Morgan fingerprint density at radius 2 is 2.08 bits per heavy atom. The Morgan fingerprint density at radius 1 is 1.35 bits per heavy atom. The van der Waals surface area contributed by atoms with Crippen molar-refractivity contribution in [3.05, 3.63) is 52.3 Å². The lowest BCUT2D eigenvalue weighted by Gasteiger charge is -2.14. The van der Waals surface area contributed by atoms with Crippen LogP contribution in [0.2, 0.25) is 0 Å². The van der Waals surface area contributed by atoms with E-state index in [4.69, 9.17) is 5.26 Å². The van der Waals surface area contributed by atoms with E-state index in [1.807, 2.05) is 13.8 Å². The highest BCUT2D eigenvalue weighted by atomic mass is 19.2. The molecule has 1 unspecified atom stereocenters. The van der Waals surface area contributed by atoms with Crippen molar-refractivity contribution in [1.29, 1.82) is 5.26 Å². The van der Waals surface area contributed by atoms with Gasteiger partial charge in [0.1, 0.15) is 0 Å². The van der Waals surface area contributed by atoms with Gasteiger partial charge in [-0.15, -0.1) is 0 Å². The second kappa shape index (κ2) is 8.56. The van der Waals surface area contributed by atoms with Gasteiger partial charge in [-0.05, 0) is 50.5 Å². The first-order valence-corrected chi connectivity index (χ1v) is 8.47. The molecule has 0 aliphatic heterocycles. The van der Waals surface area contributed by atoms with Gasteiger partial charge in [0.2, 0.25) is 5.91 Å². The maximum atomic E-state index is 13.3. The summed E-state index contributed by atoms with van der Waals surface area (Å²) in [5, 5.41) is 15.9. The smallest absolute Gasteiger partial charge is 0.220 e. The van der Waals surface area contributed by atoms with Crippen molar-refractivity contribution in [2.24, 2.45) is 0 Å². The third-order valence-corrected chi connectivity index (χ3v) is 4.39. The van der Waals surface area contributed by atoms with E-state index in [2.05, 4.69) is 16.5 Å². The number of nitriles is 1. The van der Waals surface area contributed by atoms with Gasteiger partial charge in [0.25, 0.3) is 0 Å². The van der Waals surface area contributed by atoms with Crippen LogP contribution >= 0.6 is 0 Å². The molecule has 0 aliphatic carbocycles. The molecule has 1 heterocycles. The molecule has 2 aromatic rings. The minimum Gasteiger partial charge on any atom is -0.350 e. The van der Waals surface area contributed by atoms with Gasteiger partial charge in [0.15, 0.2) is 11.6 Å². The summed E-state index contributed by atoms with van der Waals surface area (Å²) in [5.41, 5.74) is 3.31. The standard InChI is InChI=1S/C19H22F2N4O/c1-12(15-5-7-17(20)18(21)11-15)23-19(26)8-6-16-13(2)24-25(14(16)3)10-4-9-22/h5,7,11-12H,4,6,8,10H2,1-3H3,(H,23,26). The van der Waals surface area contributed by atoms with Crippen LogP contribution in [0.15, 0.2) is 18.2 Å². The van der Waals surface area contributed by atoms with Crippen LogP contribution in [0, 0.1) is 36.8 Å². The minimum atomic E-state index is -0.931. The zero-order valence-electron chi connectivity index (χ0n) is 15.1. The molecule has 0 bridgehead atoms. The number of nitrogens with zero attached hydrogens (tertiary/aromatic N) is 3. The number of benzene rings is 1. The first-order valence-electron chi connectivity index (χ1n) is 8.47. The summed E-state index contributed by atoms with van der Waals surface area (Å²) in [6, 6.07) is 5.27. The summed E-state index contributed by atoms with van der Waals surface area (Å²) < 4.78 is 28.1.